The molecule has 5 rings (SSSR count). The topological polar surface area (TPSA) is 81.4 Å². The fraction of sp³-hybridized carbons (Fsp3) is 0.207. The van der Waals surface area contributed by atoms with Gasteiger partial charge in [0.15, 0.2) is 0 Å². The standard InChI is InChI=1S/C29H24N2O4/c1-19-27(30-28(33)34-20(2)22-6-4-3-5-7-22)26(35-31-19)13-9-21-8-10-24-17-25(12-11-23(24)16-21)29(18-32)14-15-29/h3-8,10-12,16-18,20H,14-15H2,1-2H3,(H,30,33)/t20-/m1/s1. The molecule has 1 aromatic heterocycles. The Labute approximate surface area is 203 Å². The van der Waals surface area contributed by atoms with Gasteiger partial charge < -0.3 is 14.1 Å². The first-order valence-corrected chi connectivity index (χ1v) is 11.5. The maximum Gasteiger partial charge on any atom is 0.412 e. The zero-order valence-electron chi connectivity index (χ0n) is 19.5. The van der Waals surface area contributed by atoms with Crippen molar-refractivity contribution in [2.75, 3.05) is 5.32 Å². The zero-order chi connectivity index (χ0) is 24.4. The molecule has 6 nitrogen and oxygen atoms in total. The first-order chi connectivity index (χ1) is 17.0. The van der Waals surface area contributed by atoms with Crippen LogP contribution >= 0.6 is 0 Å². The van der Waals surface area contributed by atoms with Gasteiger partial charge in [-0.05, 0) is 66.6 Å². The van der Waals surface area contributed by atoms with Crippen molar-refractivity contribution in [2.24, 2.45) is 0 Å². The Morgan fingerprint density at radius 1 is 1.09 bits per heavy atom. The summed E-state index contributed by atoms with van der Waals surface area (Å²) in [6, 6.07) is 21.5. The van der Waals surface area contributed by atoms with Crippen molar-refractivity contribution in [3.05, 3.63) is 94.9 Å². The molecule has 1 amide bonds. The highest BCUT2D eigenvalue weighted by molar-refractivity contribution is 5.88. The van der Waals surface area contributed by atoms with E-state index in [1.807, 2.05) is 67.6 Å². The van der Waals surface area contributed by atoms with Gasteiger partial charge in [-0.15, -0.1) is 0 Å². The quantitative estimate of drug-likeness (QED) is 0.286. The molecule has 1 heterocycles. The lowest BCUT2D eigenvalue weighted by molar-refractivity contribution is -0.109. The summed E-state index contributed by atoms with van der Waals surface area (Å²) in [6.07, 6.45) is 1.87. The summed E-state index contributed by atoms with van der Waals surface area (Å²) in [5.74, 6) is 6.30. The maximum atomic E-state index is 12.5. The number of anilines is 1. The molecule has 4 aromatic rings. The third kappa shape index (κ3) is 4.67. The summed E-state index contributed by atoms with van der Waals surface area (Å²) >= 11 is 0. The molecule has 0 spiro atoms. The number of amides is 1. The minimum absolute atomic E-state index is 0.254. The minimum Gasteiger partial charge on any atom is -0.441 e. The van der Waals surface area contributed by atoms with Crippen LogP contribution in [-0.4, -0.2) is 17.5 Å². The number of rotatable bonds is 5. The van der Waals surface area contributed by atoms with Crippen LogP contribution in [0.3, 0.4) is 0 Å². The number of aromatic nitrogens is 1. The summed E-state index contributed by atoms with van der Waals surface area (Å²) in [5.41, 5.74) is 3.36. The van der Waals surface area contributed by atoms with Crippen molar-refractivity contribution >= 4 is 28.8 Å². The van der Waals surface area contributed by atoms with Gasteiger partial charge in [-0.2, -0.15) is 0 Å². The Hall–Kier alpha value is -4.37. The average molecular weight is 465 g/mol. The highest BCUT2D eigenvalue weighted by Gasteiger charge is 2.44. The fourth-order valence-corrected chi connectivity index (χ4v) is 4.06. The number of benzene rings is 3. The normalized spacial score (nSPS) is 14.5. The lowest BCUT2D eigenvalue weighted by Crippen LogP contribution is -2.16. The monoisotopic (exact) mass is 464 g/mol. The highest BCUT2D eigenvalue weighted by atomic mass is 16.6. The Bertz CT molecular complexity index is 1470. The first kappa shape index (κ1) is 22.4. The van der Waals surface area contributed by atoms with Crippen LogP contribution in [0.2, 0.25) is 0 Å². The number of aryl methyl sites for hydroxylation is 1. The Kier molecular flexibility index (Phi) is 5.84. The maximum absolute atomic E-state index is 12.5. The van der Waals surface area contributed by atoms with Crippen LogP contribution in [-0.2, 0) is 14.9 Å². The van der Waals surface area contributed by atoms with Crippen molar-refractivity contribution in [1.29, 1.82) is 0 Å². The van der Waals surface area contributed by atoms with E-state index >= 15 is 0 Å². The number of aldehydes is 1. The predicted octanol–water partition coefficient (Wildman–Crippen LogP) is 6.08. The first-order valence-electron chi connectivity index (χ1n) is 11.5. The molecular weight excluding hydrogens is 440 g/mol. The lowest BCUT2D eigenvalue weighted by Gasteiger charge is -2.13. The Morgan fingerprint density at radius 3 is 2.57 bits per heavy atom. The van der Waals surface area contributed by atoms with Crippen molar-refractivity contribution in [1.82, 2.24) is 5.16 Å². The van der Waals surface area contributed by atoms with E-state index in [1.54, 1.807) is 6.92 Å². The number of carbonyl (C=O) groups excluding carboxylic acids is 2. The van der Waals surface area contributed by atoms with Crippen LogP contribution in [0.4, 0.5) is 10.5 Å². The summed E-state index contributed by atoms with van der Waals surface area (Å²) in [5, 5.41) is 8.75. The molecule has 35 heavy (non-hydrogen) atoms. The van der Waals surface area contributed by atoms with E-state index in [-0.39, 0.29) is 11.2 Å². The van der Waals surface area contributed by atoms with Crippen LogP contribution in [0.5, 0.6) is 0 Å². The van der Waals surface area contributed by atoms with Crippen molar-refractivity contribution in [3.63, 3.8) is 0 Å². The molecule has 1 saturated carbocycles. The zero-order valence-corrected chi connectivity index (χ0v) is 19.5. The van der Waals surface area contributed by atoms with Crippen LogP contribution in [0.25, 0.3) is 10.8 Å². The second-order valence-electron chi connectivity index (χ2n) is 8.86. The number of nitrogens with one attached hydrogen (secondary N) is 1. The van der Waals surface area contributed by atoms with Gasteiger partial charge in [0.25, 0.3) is 0 Å². The third-order valence-electron chi connectivity index (χ3n) is 6.39. The molecule has 174 valence electrons. The van der Waals surface area contributed by atoms with Crippen LogP contribution in [0, 0.1) is 18.8 Å². The molecule has 1 aliphatic rings. The van der Waals surface area contributed by atoms with Gasteiger partial charge in [-0.1, -0.05) is 65.7 Å². The van der Waals surface area contributed by atoms with Crippen LogP contribution < -0.4 is 5.32 Å². The molecule has 0 radical (unpaired) electrons. The number of ether oxygens (including phenoxy) is 1. The third-order valence-corrected chi connectivity index (χ3v) is 6.39. The van der Waals surface area contributed by atoms with E-state index in [1.165, 1.54) is 0 Å². The Morgan fingerprint density at radius 2 is 1.83 bits per heavy atom. The molecule has 1 atom stereocenters. The van der Waals surface area contributed by atoms with Crippen LogP contribution in [0.15, 0.2) is 71.3 Å². The van der Waals surface area contributed by atoms with E-state index in [0.29, 0.717) is 11.4 Å². The summed E-state index contributed by atoms with van der Waals surface area (Å²) in [4.78, 5) is 23.9. The minimum atomic E-state index is -0.610. The Balaban J connectivity index is 1.32. The van der Waals surface area contributed by atoms with Gasteiger partial charge in [-0.3, -0.25) is 5.32 Å². The van der Waals surface area contributed by atoms with Crippen LogP contribution in [0.1, 0.15) is 54.0 Å². The molecule has 0 aliphatic heterocycles. The van der Waals surface area contributed by atoms with Gasteiger partial charge in [0.1, 0.15) is 23.8 Å². The van der Waals surface area contributed by atoms with E-state index in [0.717, 1.165) is 46.6 Å². The number of fused-ring (bicyclic) bond motifs is 1. The molecule has 1 N–H and O–H groups in total. The predicted molar refractivity (Wildman–Crippen MR) is 133 cm³/mol. The van der Waals surface area contributed by atoms with Gasteiger partial charge >= 0.3 is 6.09 Å². The van der Waals surface area contributed by atoms with E-state index in [4.69, 9.17) is 9.26 Å². The highest BCUT2D eigenvalue weighted by Crippen LogP contribution is 2.46. The number of carbonyl (C=O) groups is 2. The molecule has 3 aromatic carbocycles. The molecule has 0 bridgehead atoms. The van der Waals surface area contributed by atoms with Crippen molar-refractivity contribution in [3.8, 4) is 11.8 Å². The van der Waals surface area contributed by atoms with E-state index in [2.05, 4.69) is 28.4 Å². The van der Waals surface area contributed by atoms with Gasteiger partial charge in [-0.25, -0.2) is 4.79 Å². The molecule has 1 fully saturated rings. The molecule has 0 unspecified atom stereocenters. The summed E-state index contributed by atoms with van der Waals surface area (Å²) in [7, 11) is 0. The number of nitrogens with zero attached hydrogens (tertiary/aromatic N) is 1. The number of hydrogen-bond donors (Lipinski definition) is 1. The van der Waals surface area contributed by atoms with Gasteiger partial charge in [0.05, 0.1) is 5.41 Å². The van der Waals surface area contributed by atoms with Gasteiger partial charge in [0, 0.05) is 5.56 Å². The van der Waals surface area contributed by atoms with Crippen molar-refractivity contribution in [2.45, 2.75) is 38.2 Å². The summed E-state index contributed by atoms with van der Waals surface area (Å²) < 4.78 is 10.8. The molecular formula is C29H24N2O4. The SMILES string of the molecule is Cc1noc(C#Cc2ccc3cc(C4(C=O)CC4)ccc3c2)c1NC(=O)O[C@H](C)c1ccccc1. The second kappa shape index (κ2) is 9.11. The van der Waals surface area contributed by atoms with Crippen molar-refractivity contribution < 1.29 is 18.8 Å². The molecule has 6 heteroatoms. The van der Waals surface area contributed by atoms with E-state index < -0.39 is 12.2 Å². The lowest BCUT2D eigenvalue weighted by atomic mass is 9.94. The fourth-order valence-electron chi connectivity index (χ4n) is 4.06. The molecule has 1 aliphatic carbocycles. The summed E-state index contributed by atoms with van der Waals surface area (Å²) in [6.45, 7) is 3.53. The second-order valence-corrected chi connectivity index (χ2v) is 8.86. The van der Waals surface area contributed by atoms with Gasteiger partial charge in [0.2, 0.25) is 5.76 Å². The average Bonchev–Trinajstić information content (AvgIpc) is 3.62. The smallest absolute Gasteiger partial charge is 0.412 e. The molecule has 0 saturated heterocycles. The number of hydrogen-bond acceptors (Lipinski definition) is 5. The largest absolute Gasteiger partial charge is 0.441 e. The van der Waals surface area contributed by atoms with E-state index in [9.17, 15) is 9.59 Å².